The first kappa shape index (κ1) is 18.9. The van der Waals surface area contributed by atoms with Crippen molar-refractivity contribution >= 4 is 23.3 Å². The van der Waals surface area contributed by atoms with Crippen molar-refractivity contribution in [3.8, 4) is 11.8 Å². The molecule has 0 unspecified atom stereocenters. The maximum Gasteiger partial charge on any atom is 0.357 e. The summed E-state index contributed by atoms with van der Waals surface area (Å²) in [5.74, 6) is -1.22. The smallest absolute Gasteiger partial charge is 0.357 e. The van der Waals surface area contributed by atoms with E-state index in [1.54, 1.807) is 18.2 Å². The van der Waals surface area contributed by atoms with Crippen LogP contribution in [0.3, 0.4) is 0 Å². The molecule has 0 aliphatic heterocycles. The van der Waals surface area contributed by atoms with Gasteiger partial charge in [-0.2, -0.15) is 5.26 Å². The minimum absolute atomic E-state index is 0.0119. The maximum absolute atomic E-state index is 12.2. The Balaban J connectivity index is 2.78. The molecular weight excluding hydrogens is 336 g/mol. The van der Waals surface area contributed by atoms with E-state index in [0.717, 1.165) is 0 Å². The summed E-state index contributed by atoms with van der Waals surface area (Å²) in [6.07, 6.45) is 1.43. The first-order valence-electron chi connectivity index (χ1n) is 7.82. The van der Waals surface area contributed by atoms with E-state index >= 15 is 0 Å². The molecule has 0 fully saturated rings. The minimum Gasteiger partial charge on any atom is -0.465 e. The molecule has 0 aliphatic carbocycles. The van der Waals surface area contributed by atoms with Gasteiger partial charge in [0.1, 0.15) is 6.07 Å². The van der Waals surface area contributed by atoms with Gasteiger partial charge in [0.15, 0.2) is 5.69 Å². The van der Waals surface area contributed by atoms with Gasteiger partial charge >= 0.3 is 11.9 Å². The Morgan fingerprint density at radius 1 is 1.23 bits per heavy atom. The van der Waals surface area contributed by atoms with Crippen LogP contribution in [0.4, 0.5) is 11.4 Å². The Morgan fingerprint density at radius 2 is 1.88 bits per heavy atom. The second kappa shape index (κ2) is 7.61. The van der Waals surface area contributed by atoms with Crippen molar-refractivity contribution in [1.82, 2.24) is 4.57 Å². The zero-order valence-corrected chi connectivity index (χ0v) is 15.0. The van der Waals surface area contributed by atoms with Gasteiger partial charge in [-0.3, -0.25) is 0 Å². The number of nitrogen functional groups attached to an aromatic ring is 1. The molecule has 3 N–H and O–H groups in total. The predicted octanol–water partition coefficient (Wildman–Crippen LogP) is 2.32. The molecular formula is C18H20N4O4. The van der Waals surface area contributed by atoms with E-state index in [9.17, 15) is 14.9 Å². The minimum atomic E-state index is -0.692. The highest BCUT2D eigenvalue weighted by Crippen LogP contribution is 2.30. The lowest BCUT2D eigenvalue weighted by Gasteiger charge is -2.18. The molecule has 0 amide bonds. The van der Waals surface area contributed by atoms with Gasteiger partial charge in [0.2, 0.25) is 0 Å². The number of anilines is 2. The summed E-state index contributed by atoms with van der Waals surface area (Å²) in [6, 6.07) is 6.90. The van der Waals surface area contributed by atoms with Crippen molar-refractivity contribution in [2.75, 3.05) is 25.3 Å². The van der Waals surface area contributed by atoms with E-state index in [4.69, 9.17) is 15.2 Å². The average Bonchev–Trinajstić information content (AvgIpc) is 2.96. The molecule has 2 rings (SSSR count). The molecule has 2 aromatic rings. The van der Waals surface area contributed by atoms with Gasteiger partial charge < -0.3 is 25.1 Å². The molecule has 26 heavy (non-hydrogen) atoms. The number of nitrogens with zero attached hydrogens (tertiary/aromatic N) is 2. The number of hydrogen-bond acceptors (Lipinski definition) is 7. The van der Waals surface area contributed by atoms with E-state index in [-0.39, 0.29) is 23.0 Å². The summed E-state index contributed by atoms with van der Waals surface area (Å²) >= 11 is 0. The van der Waals surface area contributed by atoms with Crippen LogP contribution in [0.5, 0.6) is 0 Å². The highest BCUT2D eigenvalue weighted by Gasteiger charge is 2.24. The monoisotopic (exact) mass is 356 g/mol. The number of benzene rings is 1. The van der Waals surface area contributed by atoms with Gasteiger partial charge in [-0.1, -0.05) is 0 Å². The normalized spacial score (nSPS) is 10.3. The van der Waals surface area contributed by atoms with Crippen LogP contribution < -0.4 is 11.1 Å². The highest BCUT2D eigenvalue weighted by molar-refractivity contribution is 5.97. The van der Waals surface area contributed by atoms with E-state index in [2.05, 4.69) is 5.32 Å². The molecule has 0 radical (unpaired) electrons. The molecule has 8 nitrogen and oxygen atoms in total. The first-order chi connectivity index (χ1) is 12.3. The standard InChI is InChI=1S/C18H20N4O4/c1-10(2)21-13-6-5-11(17(23)25-3)7-14(13)22-9-12(8-19)15(20)16(22)18(24)26-4/h5-7,9-10,21H,20H2,1-4H3. The summed E-state index contributed by atoms with van der Waals surface area (Å²) in [6.45, 7) is 3.90. The van der Waals surface area contributed by atoms with Crippen molar-refractivity contribution in [3.63, 3.8) is 0 Å². The number of hydrogen-bond donors (Lipinski definition) is 2. The average molecular weight is 356 g/mol. The van der Waals surface area contributed by atoms with E-state index in [1.807, 2.05) is 19.9 Å². The second-order valence-electron chi connectivity index (χ2n) is 5.80. The van der Waals surface area contributed by atoms with Crippen LogP contribution in [0.25, 0.3) is 5.69 Å². The fourth-order valence-corrected chi connectivity index (χ4v) is 2.51. The Bertz CT molecular complexity index is 893. The number of ether oxygens (including phenoxy) is 2. The van der Waals surface area contributed by atoms with Crippen molar-refractivity contribution in [1.29, 1.82) is 5.26 Å². The van der Waals surface area contributed by atoms with Gasteiger partial charge in [-0.05, 0) is 32.0 Å². The SMILES string of the molecule is COC(=O)c1ccc(NC(C)C)c(-n2cc(C#N)c(N)c2C(=O)OC)c1. The summed E-state index contributed by atoms with van der Waals surface area (Å²) in [5.41, 5.74) is 7.51. The topological polar surface area (TPSA) is 119 Å². The lowest BCUT2D eigenvalue weighted by atomic mass is 10.1. The number of nitrogens with two attached hydrogens (primary N) is 1. The number of methoxy groups -OCH3 is 2. The van der Waals surface area contributed by atoms with Crippen molar-refractivity contribution in [3.05, 3.63) is 41.2 Å². The van der Waals surface area contributed by atoms with Crippen LogP contribution in [0.1, 0.15) is 40.3 Å². The maximum atomic E-state index is 12.2. The molecule has 1 heterocycles. The van der Waals surface area contributed by atoms with Gasteiger partial charge in [-0.15, -0.1) is 0 Å². The molecule has 1 aromatic heterocycles. The fourth-order valence-electron chi connectivity index (χ4n) is 2.51. The lowest BCUT2D eigenvalue weighted by Crippen LogP contribution is -2.16. The van der Waals surface area contributed by atoms with Crippen molar-refractivity contribution in [2.45, 2.75) is 19.9 Å². The summed E-state index contributed by atoms with van der Waals surface area (Å²) in [7, 11) is 2.51. The van der Waals surface area contributed by atoms with Gasteiger partial charge in [0.25, 0.3) is 0 Å². The summed E-state index contributed by atoms with van der Waals surface area (Å²) in [5, 5.41) is 12.5. The van der Waals surface area contributed by atoms with Gasteiger partial charge in [-0.25, -0.2) is 9.59 Å². The Labute approximate surface area is 151 Å². The molecule has 0 spiro atoms. The number of carbonyl (C=O) groups is 2. The molecule has 0 bridgehead atoms. The van der Waals surface area contributed by atoms with Gasteiger partial charge in [0, 0.05) is 12.2 Å². The summed E-state index contributed by atoms with van der Waals surface area (Å²) < 4.78 is 11.0. The molecule has 0 saturated carbocycles. The van der Waals surface area contributed by atoms with E-state index < -0.39 is 11.9 Å². The van der Waals surface area contributed by atoms with Crippen molar-refractivity contribution in [2.24, 2.45) is 0 Å². The zero-order chi connectivity index (χ0) is 19.4. The van der Waals surface area contributed by atoms with Crippen molar-refractivity contribution < 1.29 is 19.1 Å². The fraction of sp³-hybridized carbons (Fsp3) is 0.278. The first-order valence-corrected chi connectivity index (χ1v) is 7.82. The Kier molecular flexibility index (Phi) is 5.52. The predicted molar refractivity (Wildman–Crippen MR) is 96.3 cm³/mol. The third kappa shape index (κ3) is 3.47. The third-order valence-electron chi connectivity index (χ3n) is 3.67. The number of carbonyl (C=O) groups excluding carboxylic acids is 2. The van der Waals surface area contributed by atoms with E-state index in [0.29, 0.717) is 16.9 Å². The number of esters is 2. The Hall–Kier alpha value is -3.47. The molecule has 0 atom stereocenters. The molecule has 8 heteroatoms. The molecule has 0 aliphatic rings. The van der Waals surface area contributed by atoms with Crippen LogP contribution in [0.15, 0.2) is 24.4 Å². The third-order valence-corrected chi connectivity index (χ3v) is 3.67. The van der Waals surface area contributed by atoms with Gasteiger partial charge in [0.05, 0.1) is 42.4 Å². The molecule has 136 valence electrons. The number of rotatable bonds is 5. The number of nitriles is 1. The highest BCUT2D eigenvalue weighted by atomic mass is 16.5. The quantitative estimate of drug-likeness (QED) is 0.789. The second-order valence-corrected chi connectivity index (χ2v) is 5.80. The zero-order valence-electron chi connectivity index (χ0n) is 15.0. The van der Waals surface area contributed by atoms with Crippen LogP contribution in [-0.2, 0) is 9.47 Å². The number of nitrogens with one attached hydrogen (secondary N) is 1. The lowest BCUT2D eigenvalue weighted by molar-refractivity contribution is 0.0588. The molecule has 0 saturated heterocycles. The van der Waals surface area contributed by atoms with Crippen LogP contribution >= 0.6 is 0 Å². The van der Waals surface area contributed by atoms with Crippen LogP contribution in [0, 0.1) is 11.3 Å². The Morgan fingerprint density at radius 3 is 2.42 bits per heavy atom. The number of aromatic nitrogens is 1. The largest absolute Gasteiger partial charge is 0.465 e. The van der Waals surface area contributed by atoms with Crippen LogP contribution in [0.2, 0.25) is 0 Å². The van der Waals surface area contributed by atoms with E-state index in [1.165, 1.54) is 25.0 Å². The summed E-state index contributed by atoms with van der Waals surface area (Å²) in [4.78, 5) is 24.1. The molecule has 1 aromatic carbocycles. The van der Waals surface area contributed by atoms with Crippen LogP contribution in [-0.4, -0.2) is 36.8 Å².